The predicted molar refractivity (Wildman–Crippen MR) is 404 cm³/mol. The normalized spacial score (nSPS) is 19.8. The largest absolute Gasteiger partial charge is 0.391 e. The number of amides is 5. The molecule has 4 N–H and O–H groups in total. The molecule has 0 bridgehead atoms. The molecular weight excluding hydrogens is 1380 g/mol. The van der Waals surface area contributed by atoms with Gasteiger partial charge in [0.15, 0.2) is 17.3 Å². The van der Waals surface area contributed by atoms with E-state index >= 15 is 0 Å². The number of aryl methyl sites for hydroxylation is 6. The maximum atomic E-state index is 14.0. The third kappa shape index (κ3) is 18.0. The number of thiol groups is 1. The zero-order chi connectivity index (χ0) is 73.1. The van der Waals surface area contributed by atoms with E-state index in [9.17, 15) is 53.7 Å². The van der Waals surface area contributed by atoms with Crippen molar-refractivity contribution in [3.63, 3.8) is 0 Å². The number of thiazole rings is 3. The summed E-state index contributed by atoms with van der Waals surface area (Å²) in [6, 6.07) is 38.2. The number of carbonyl (C=O) groups excluding carboxylic acids is 8. The van der Waals surface area contributed by atoms with Crippen LogP contribution in [0.1, 0.15) is 145 Å². The second kappa shape index (κ2) is 34.5. The van der Waals surface area contributed by atoms with E-state index in [1.54, 1.807) is 68.1 Å². The number of hydrogen-bond donors (Lipinski definition) is 5. The minimum atomic E-state index is -0.927. The molecule has 3 aromatic heterocycles. The van der Waals surface area contributed by atoms with E-state index in [0.717, 1.165) is 83.5 Å². The van der Waals surface area contributed by atoms with Crippen molar-refractivity contribution in [3.05, 3.63) is 194 Å². The lowest BCUT2D eigenvalue weighted by Crippen LogP contribution is -2.64. The Hall–Kier alpha value is -8.42. The van der Waals surface area contributed by atoms with Crippen LogP contribution in [0, 0.1) is 26.7 Å². The summed E-state index contributed by atoms with van der Waals surface area (Å²) in [7, 11) is 0. The van der Waals surface area contributed by atoms with Crippen LogP contribution in [0.4, 0.5) is 0 Å². The van der Waals surface area contributed by atoms with E-state index in [4.69, 9.17) is 0 Å². The molecule has 0 radical (unpaired) electrons. The van der Waals surface area contributed by atoms with Crippen LogP contribution in [0.5, 0.6) is 0 Å². The minimum absolute atomic E-state index is 0.00166. The van der Waals surface area contributed by atoms with Gasteiger partial charge in [0.05, 0.1) is 84.7 Å². The van der Waals surface area contributed by atoms with Gasteiger partial charge in [-0.15, -0.1) is 34.0 Å². The lowest BCUT2D eigenvalue weighted by atomic mass is 9.73. The first kappa shape index (κ1) is 75.7. The summed E-state index contributed by atoms with van der Waals surface area (Å²) in [6.45, 7) is 10.9. The molecule has 5 aromatic carbocycles. The van der Waals surface area contributed by atoms with E-state index in [1.807, 2.05) is 130 Å². The van der Waals surface area contributed by atoms with Gasteiger partial charge in [0, 0.05) is 88.0 Å². The fourth-order valence-corrected chi connectivity index (χ4v) is 17.0. The van der Waals surface area contributed by atoms with E-state index in [2.05, 4.69) is 57.2 Å². The van der Waals surface area contributed by atoms with Crippen LogP contribution in [0.3, 0.4) is 0 Å². The van der Waals surface area contributed by atoms with Gasteiger partial charge in [0.2, 0.25) is 17.7 Å². The number of Topliss-reactive ketones (excluding diaryl/α,β-unsaturated/α-hetero) is 3. The lowest BCUT2D eigenvalue weighted by Gasteiger charge is -2.49. The van der Waals surface area contributed by atoms with Crippen LogP contribution in [0.15, 0.2) is 144 Å². The number of aromatic nitrogens is 3. The van der Waals surface area contributed by atoms with Gasteiger partial charge in [-0.25, -0.2) is 15.0 Å². The first-order chi connectivity index (χ1) is 49.6. The van der Waals surface area contributed by atoms with E-state index in [-0.39, 0.29) is 91.5 Å². The molecule has 3 saturated heterocycles. The first-order valence-corrected chi connectivity index (χ1v) is 38.7. The van der Waals surface area contributed by atoms with Gasteiger partial charge in [-0.2, -0.15) is 12.6 Å². The highest BCUT2D eigenvalue weighted by Crippen LogP contribution is 2.45. The molecule has 1 unspecified atom stereocenters. The van der Waals surface area contributed by atoms with Crippen molar-refractivity contribution in [3.8, 4) is 31.3 Å². The van der Waals surface area contributed by atoms with Crippen LogP contribution in [-0.4, -0.2) is 170 Å². The van der Waals surface area contributed by atoms with Crippen molar-refractivity contribution in [1.82, 2.24) is 39.9 Å². The average molecular weight is 1470 g/mol. The SMILES string of the molecule is Cc1ncsc1-c1ccc(CCC(=O)[C@@H]2C[C@@H](O)CN2C(=O)C(CS)NC(=O)CCC(C)C)cc1.Cc1ncsc1-c1ccc(CCC(=O)[C@@H]2C[C@@H](O)CN2C(=O)C2(N3Cc4ccccc4C3=O)CCC2)cc1.Cc1ncsc1-c1ccc(CCC(=O)[C@@H]2C[C@@H](O)CN2C(=O)c2ccccc2)cc1. The number of ketones is 3. The summed E-state index contributed by atoms with van der Waals surface area (Å²) in [4.78, 5) is 127. The molecule has 1 saturated carbocycles. The van der Waals surface area contributed by atoms with E-state index in [0.29, 0.717) is 81.4 Å². The number of aliphatic hydroxyl groups is 3. The number of β-amino-alcohol motifs (C(OH)–C–C–N with tert-alkyl or cyclic N) is 3. The Labute approximate surface area is 619 Å². The Bertz CT molecular complexity index is 4310. The van der Waals surface area contributed by atoms with Gasteiger partial charge in [-0.05, 0) is 129 Å². The van der Waals surface area contributed by atoms with Crippen molar-refractivity contribution in [1.29, 1.82) is 0 Å². The number of aliphatic hydroxyl groups excluding tert-OH is 3. The standard InChI is InChI=1S/C30H31N3O4S.C26H35N3O4S2.C24H24N2O3S/c1-19-27(38-18-31-19)21-10-7-20(8-11-21)9-12-26(35)25-15-23(34)17-32(25)29(37)30(13-4-14-30)33-16-22-5-2-3-6-24(22)28(33)36;1-16(2)4-11-24(32)28-21(14-34)26(33)29-13-20(30)12-22(29)23(31)10-7-18-5-8-19(9-6-18)25-17(3)27-15-35-25;1-16-23(30-15-25-16)18-10-7-17(8-11-18)9-12-22(28)21-13-20(27)14-26(21)24(29)19-5-3-2-4-6-19/h2-3,5-8,10-11,18,23,25,34H,4,9,12-17H2,1H3;5-6,8-9,15-16,20-22,30,34H,4,7,10-14H2,1-3H3,(H,28,32);2-8,10-11,15,20-21,27H,9,12-14H2,1H3/t23-,25+;20-,21?,22+;20-,21+/m111/s1. The van der Waals surface area contributed by atoms with Crippen molar-refractivity contribution in [2.45, 2.75) is 179 Å². The summed E-state index contributed by atoms with van der Waals surface area (Å²) in [5.41, 5.74) is 16.2. The Morgan fingerprint density at radius 2 is 0.971 bits per heavy atom. The fourth-order valence-electron chi connectivity index (χ4n) is 14.4. The molecule has 8 aromatic rings. The summed E-state index contributed by atoms with van der Waals surface area (Å²) in [6.07, 6.45) is 4.36. The molecule has 4 fully saturated rings. The number of likely N-dealkylation sites (tertiary alicyclic amines) is 3. The van der Waals surface area contributed by atoms with Gasteiger partial charge >= 0.3 is 0 Å². The molecule has 7 atom stereocenters. The molecule has 0 spiro atoms. The number of benzene rings is 5. The van der Waals surface area contributed by atoms with Crippen molar-refractivity contribution >= 4 is 93.5 Å². The molecule has 5 aliphatic rings. The second-order valence-corrected chi connectivity index (χ2v) is 30.9. The third-order valence-corrected chi connectivity index (χ3v) is 23.6. The highest BCUT2D eigenvalue weighted by atomic mass is 32.1. The molecule has 540 valence electrons. The van der Waals surface area contributed by atoms with E-state index in [1.165, 1.54) is 9.80 Å². The van der Waals surface area contributed by atoms with Crippen molar-refractivity contribution < 1.29 is 53.7 Å². The van der Waals surface area contributed by atoms with Crippen LogP contribution in [-0.2, 0) is 54.6 Å². The molecule has 13 rings (SSSR count). The summed E-state index contributed by atoms with van der Waals surface area (Å²) >= 11 is 9.08. The molecule has 1 aliphatic carbocycles. The van der Waals surface area contributed by atoms with Crippen LogP contribution >= 0.6 is 46.6 Å². The number of rotatable bonds is 24. The summed E-state index contributed by atoms with van der Waals surface area (Å²) < 4.78 is 0. The fraction of sp³-hybridized carbons (Fsp3) is 0.412. The molecular formula is C80H90N8O11S4. The van der Waals surface area contributed by atoms with Crippen LogP contribution < -0.4 is 5.32 Å². The van der Waals surface area contributed by atoms with Gasteiger partial charge in [0.25, 0.3) is 11.8 Å². The highest BCUT2D eigenvalue weighted by Gasteiger charge is 2.57. The van der Waals surface area contributed by atoms with Gasteiger partial charge < -0.3 is 40.2 Å². The quantitative estimate of drug-likeness (QED) is 0.0353. The molecule has 103 heavy (non-hydrogen) atoms. The van der Waals surface area contributed by atoms with Gasteiger partial charge in [-0.3, -0.25) is 38.4 Å². The maximum Gasteiger partial charge on any atom is 0.255 e. The smallest absolute Gasteiger partial charge is 0.255 e. The van der Waals surface area contributed by atoms with Crippen LogP contribution in [0.2, 0.25) is 0 Å². The van der Waals surface area contributed by atoms with Gasteiger partial charge in [0.1, 0.15) is 11.6 Å². The maximum absolute atomic E-state index is 14.0. The van der Waals surface area contributed by atoms with Crippen LogP contribution in [0.25, 0.3) is 31.3 Å². The molecule has 19 nitrogen and oxygen atoms in total. The minimum Gasteiger partial charge on any atom is -0.391 e. The third-order valence-electron chi connectivity index (χ3n) is 20.3. The Balaban J connectivity index is 0.000000156. The number of nitrogens with one attached hydrogen (secondary N) is 1. The van der Waals surface area contributed by atoms with Crippen molar-refractivity contribution in [2.75, 3.05) is 25.4 Å². The number of hydrogen-bond acceptors (Lipinski definition) is 18. The molecule has 5 amide bonds. The highest BCUT2D eigenvalue weighted by molar-refractivity contribution is 7.80. The number of carbonyl (C=O) groups is 8. The van der Waals surface area contributed by atoms with E-state index < -0.39 is 48.0 Å². The van der Waals surface area contributed by atoms with Crippen molar-refractivity contribution in [2.24, 2.45) is 5.92 Å². The Morgan fingerprint density at radius 3 is 1.38 bits per heavy atom. The zero-order valence-electron chi connectivity index (χ0n) is 58.8. The average Bonchev–Trinajstić information content (AvgIpc) is 1.59. The Morgan fingerprint density at radius 1 is 0.553 bits per heavy atom. The topological polar surface area (TPSA) is 261 Å². The number of fused-ring (bicyclic) bond motifs is 1. The Kier molecular flexibility index (Phi) is 25.3. The zero-order valence-corrected chi connectivity index (χ0v) is 62.2. The summed E-state index contributed by atoms with van der Waals surface area (Å²) in [5.74, 6) is -0.683. The molecule has 23 heteroatoms. The predicted octanol–water partition coefficient (Wildman–Crippen LogP) is 11.5. The second-order valence-electron chi connectivity index (χ2n) is 27.9. The number of nitrogens with zero attached hydrogens (tertiary/aromatic N) is 7. The van der Waals surface area contributed by atoms with Gasteiger partial charge in [-0.1, -0.05) is 123 Å². The molecule has 7 heterocycles. The summed E-state index contributed by atoms with van der Waals surface area (Å²) in [5, 5.41) is 33.5. The molecule has 4 aliphatic heterocycles. The lowest BCUT2D eigenvalue weighted by molar-refractivity contribution is -0.152. The first-order valence-electron chi connectivity index (χ1n) is 35.5. The monoisotopic (exact) mass is 1470 g/mol.